The average Bonchev–Trinajstić information content (AvgIpc) is 1.78. The summed E-state index contributed by atoms with van der Waals surface area (Å²) in [6.45, 7) is -0.264. The zero-order valence-electron chi connectivity index (χ0n) is 5.32. The first-order valence-corrected chi connectivity index (χ1v) is 2.89. The number of alkyl halides is 2. The lowest BCUT2D eigenvalue weighted by atomic mass is 10.1. The molecule has 10 heavy (non-hydrogen) atoms. The SMILES string of the molecule is Cl.FN1CCC(F)(F)CC1. The summed E-state index contributed by atoms with van der Waals surface area (Å²) in [5.41, 5.74) is 0. The van der Waals surface area contributed by atoms with Crippen LogP contribution in [0.1, 0.15) is 12.8 Å². The molecule has 0 amide bonds. The van der Waals surface area contributed by atoms with E-state index >= 15 is 0 Å². The molecule has 0 N–H and O–H groups in total. The van der Waals surface area contributed by atoms with Crippen LogP contribution in [0.2, 0.25) is 0 Å². The summed E-state index contributed by atoms with van der Waals surface area (Å²) >= 11 is 0. The quantitative estimate of drug-likeness (QED) is 0.509. The number of piperidine rings is 1. The molecule has 0 unspecified atom stereocenters. The Morgan fingerprint density at radius 3 is 1.80 bits per heavy atom. The standard InChI is InChI=1S/C5H8F3N.ClH/c6-5(7)1-3-9(8)4-2-5;/h1-4H2;1H. The smallest absolute Gasteiger partial charge is 0.207 e. The molecule has 1 fully saturated rings. The van der Waals surface area contributed by atoms with E-state index in [9.17, 15) is 13.3 Å². The minimum absolute atomic E-state index is 0. The Morgan fingerprint density at radius 1 is 1.10 bits per heavy atom. The zero-order chi connectivity index (χ0) is 6.91. The summed E-state index contributed by atoms with van der Waals surface area (Å²) in [7, 11) is 0. The molecule has 1 heterocycles. The number of hydrogen-bond acceptors (Lipinski definition) is 1. The molecule has 0 saturated carbocycles. The van der Waals surface area contributed by atoms with E-state index in [4.69, 9.17) is 0 Å². The maximum absolute atomic E-state index is 12.2. The zero-order valence-corrected chi connectivity index (χ0v) is 6.13. The Balaban J connectivity index is 0.000000810. The molecule has 0 bridgehead atoms. The first-order chi connectivity index (χ1) is 4.10. The second kappa shape index (κ2) is 3.44. The van der Waals surface area contributed by atoms with E-state index in [0.29, 0.717) is 5.12 Å². The molecule has 1 aliphatic rings. The van der Waals surface area contributed by atoms with Gasteiger partial charge in [-0.1, -0.05) is 0 Å². The van der Waals surface area contributed by atoms with E-state index < -0.39 is 5.92 Å². The second-order valence-electron chi connectivity index (χ2n) is 2.27. The highest BCUT2D eigenvalue weighted by molar-refractivity contribution is 5.85. The molecular weight excluding hydrogens is 167 g/mol. The minimum atomic E-state index is -2.62. The van der Waals surface area contributed by atoms with Gasteiger partial charge in [0.15, 0.2) is 0 Å². The third-order valence-corrected chi connectivity index (χ3v) is 1.44. The van der Waals surface area contributed by atoms with Crippen LogP contribution >= 0.6 is 12.4 Å². The van der Waals surface area contributed by atoms with Gasteiger partial charge in [-0.15, -0.1) is 22.0 Å². The van der Waals surface area contributed by atoms with E-state index in [1.54, 1.807) is 0 Å². The first-order valence-electron chi connectivity index (χ1n) is 2.89. The van der Waals surface area contributed by atoms with Gasteiger partial charge in [0.2, 0.25) is 0 Å². The van der Waals surface area contributed by atoms with Crippen molar-refractivity contribution in [1.82, 2.24) is 5.12 Å². The molecule has 1 rings (SSSR count). The summed E-state index contributed by atoms with van der Waals surface area (Å²) in [4.78, 5) is 0. The molecule has 5 heteroatoms. The molecular formula is C5H9ClF3N. The second-order valence-corrected chi connectivity index (χ2v) is 2.27. The van der Waals surface area contributed by atoms with Crippen LogP contribution in [0.3, 0.4) is 0 Å². The van der Waals surface area contributed by atoms with Crippen LogP contribution in [0.5, 0.6) is 0 Å². The fraction of sp³-hybridized carbons (Fsp3) is 1.00. The number of rotatable bonds is 0. The maximum Gasteiger partial charge on any atom is 0.250 e. The van der Waals surface area contributed by atoms with Crippen LogP contribution < -0.4 is 0 Å². The van der Waals surface area contributed by atoms with Crippen LogP contribution in [-0.4, -0.2) is 24.1 Å². The van der Waals surface area contributed by atoms with Crippen LogP contribution in [0, 0.1) is 0 Å². The first kappa shape index (κ1) is 10.0. The monoisotopic (exact) mass is 175 g/mol. The largest absolute Gasteiger partial charge is 0.250 e. The molecule has 0 aromatic carbocycles. The summed E-state index contributed by atoms with van der Waals surface area (Å²) in [6, 6.07) is 0. The molecule has 1 nitrogen and oxygen atoms in total. The number of hydrogen-bond donors (Lipinski definition) is 0. The normalized spacial score (nSPS) is 25.5. The van der Waals surface area contributed by atoms with E-state index in [-0.39, 0.29) is 38.3 Å². The van der Waals surface area contributed by atoms with Gasteiger partial charge in [0.1, 0.15) is 0 Å². The van der Waals surface area contributed by atoms with Crippen molar-refractivity contribution in [2.24, 2.45) is 0 Å². The maximum atomic E-state index is 12.2. The van der Waals surface area contributed by atoms with Crippen LogP contribution in [0.25, 0.3) is 0 Å². The van der Waals surface area contributed by atoms with Gasteiger partial charge in [0.05, 0.1) is 0 Å². The predicted molar refractivity (Wildman–Crippen MR) is 34.1 cm³/mol. The fourth-order valence-corrected chi connectivity index (χ4v) is 0.807. The van der Waals surface area contributed by atoms with Gasteiger partial charge in [-0.25, -0.2) is 8.78 Å². The van der Waals surface area contributed by atoms with Crippen LogP contribution in [0.15, 0.2) is 0 Å². The molecule has 0 aromatic rings. The van der Waals surface area contributed by atoms with Crippen molar-refractivity contribution in [3.8, 4) is 0 Å². The van der Waals surface area contributed by atoms with Crippen molar-refractivity contribution in [3.05, 3.63) is 0 Å². The van der Waals surface area contributed by atoms with Gasteiger partial charge in [-0.2, -0.15) is 0 Å². The highest BCUT2D eigenvalue weighted by Crippen LogP contribution is 2.27. The van der Waals surface area contributed by atoms with E-state index in [1.165, 1.54) is 0 Å². The van der Waals surface area contributed by atoms with Gasteiger partial charge < -0.3 is 0 Å². The average molecular weight is 176 g/mol. The molecule has 0 aliphatic carbocycles. The third-order valence-electron chi connectivity index (χ3n) is 1.44. The van der Waals surface area contributed by atoms with Crippen LogP contribution in [0.4, 0.5) is 13.3 Å². The molecule has 62 valence electrons. The van der Waals surface area contributed by atoms with E-state index in [0.717, 1.165) is 0 Å². The lowest BCUT2D eigenvalue weighted by Crippen LogP contribution is -2.34. The van der Waals surface area contributed by atoms with Crippen molar-refractivity contribution in [1.29, 1.82) is 0 Å². The number of halogens is 4. The van der Waals surface area contributed by atoms with Gasteiger partial charge in [0, 0.05) is 25.9 Å². The Bertz CT molecular complexity index is 99.1. The van der Waals surface area contributed by atoms with E-state index in [1.807, 2.05) is 0 Å². The van der Waals surface area contributed by atoms with Crippen molar-refractivity contribution < 1.29 is 13.3 Å². The van der Waals surface area contributed by atoms with Gasteiger partial charge >= 0.3 is 0 Å². The van der Waals surface area contributed by atoms with Crippen molar-refractivity contribution >= 4 is 12.4 Å². The lowest BCUT2D eigenvalue weighted by Gasteiger charge is -2.24. The molecule has 0 atom stereocenters. The van der Waals surface area contributed by atoms with Gasteiger partial charge in [-0.05, 0) is 0 Å². The Morgan fingerprint density at radius 2 is 1.50 bits per heavy atom. The van der Waals surface area contributed by atoms with Crippen LogP contribution in [-0.2, 0) is 0 Å². The highest BCUT2D eigenvalue weighted by atomic mass is 35.5. The van der Waals surface area contributed by atoms with Crippen molar-refractivity contribution in [2.45, 2.75) is 18.8 Å². The summed E-state index contributed by atoms with van der Waals surface area (Å²) in [6.07, 6.45) is -0.688. The van der Waals surface area contributed by atoms with Gasteiger partial charge in [0.25, 0.3) is 5.92 Å². The summed E-state index contributed by atoms with van der Waals surface area (Å²) in [5.74, 6) is -2.62. The highest BCUT2D eigenvalue weighted by Gasteiger charge is 2.33. The minimum Gasteiger partial charge on any atom is -0.207 e. The predicted octanol–water partition coefficient (Wildman–Crippen LogP) is 2.02. The van der Waals surface area contributed by atoms with Gasteiger partial charge in [-0.3, -0.25) is 0 Å². The van der Waals surface area contributed by atoms with Crippen molar-refractivity contribution in [3.63, 3.8) is 0 Å². The summed E-state index contributed by atoms with van der Waals surface area (Å²) < 4.78 is 36.4. The van der Waals surface area contributed by atoms with E-state index in [2.05, 4.69) is 0 Å². The fourth-order valence-electron chi connectivity index (χ4n) is 0.807. The molecule has 0 spiro atoms. The third kappa shape index (κ3) is 2.75. The molecule has 1 saturated heterocycles. The Labute approximate surface area is 63.5 Å². The Kier molecular flexibility index (Phi) is 3.45. The topological polar surface area (TPSA) is 3.24 Å². The molecule has 0 aromatic heterocycles. The number of nitrogens with zero attached hydrogens (tertiary/aromatic N) is 1. The molecule has 1 aliphatic heterocycles. The molecule has 0 radical (unpaired) electrons. The van der Waals surface area contributed by atoms with Crippen molar-refractivity contribution in [2.75, 3.05) is 13.1 Å². The lowest BCUT2D eigenvalue weighted by molar-refractivity contribution is -0.105. The summed E-state index contributed by atoms with van der Waals surface area (Å²) in [5, 5.41) is 0.428. The Hall–Kier alpha value is 0.0400.